The van der Waals surface area contributed by atoms with Crippen LogP contribution in [0.2, 0.25) is 0 Å². The molecule has 1 aliphatic carbocycles. The number of halogens is 1. The molecule has 2 aromatic rings. The highest BCUT2D eigenvalue weighted by molar-refractivity contribution is 14.1. The minimum Gasteiger partial charge on any atom is -0.376 e. The van der Waals surface area contributed by atoms with Gasteiger partial charge in [0.05, 0.1) is 12.6 Å². The predicted molar refractivity (Wildman–Crippen MR) is 97.9 cm³/mol. The van der Waals surface area contributed by atoms with Crippen molar-refractivity contribution in [2.45, 2.75) is 25.3 Å². The quantitative estimate of drug-likeness (QED) is 0.757. The van der Waals surface area contributed by atoms with E-state index in [-0.39, 0.29) is 11.9 Å². The first-order valence-electron chi connectivity index (χ1n) is 7.59. The van der Waals surface area contributed by atoms with Crippen molar-refractivity contribution in [3.8, 4) is 0 Å². The van der Waals surface area contributed by atoms with E-state index < -0.39 is 0 Å². The molecule has 22 heavy (non-hydrogen) atoms. The molecule has 3 nitrogen and oxygen atoms in total. The zero-order chi connectivity index (χ0) is 15.4. The lowest BCUT2D eigenvalue weighted by Crippen LogP contribution is -2.35. The van der Waals surface area contributed by atoms with Crippen LogP contribution in [0.3, 0.4) is 0 Å². The summed E-state index contributed by atoms with van der Waals surface area (Å²) >= 11 is 2.27. The van der Waals surface area contributed by atoms with Crippen molar-refractivity contribution >= 4 is 34.2 Å². The summed E-state index contributed by atoms with van der Waals surface area (Å²) < 4.78 is 1.19. The number of rotatable bonds is 4. The van der Waals surface area contributed by atoms with Gasteiger partial charge >= 0.3 is 0 Å². The molecule has 0 spiro atoms. The molecule has 1 aliphatic rings. The summed E-state index contributed by atoms with van der Waals surface area (Å²) in [7, 11) is 0. The van der Waals surface area contributed by atoms with Gasteiger partial charge in [-0.2, -0.15) is 0 Å². The van der Waals surface area contributed by atoms with Crippen LogP contribution in [0.4, 0.5) is 5.69 Å². The summed E-state index contributed by atoms with van der Waals surface area (Å²) in [6.07, 6.45) is 3.27. The smallest absolute Gasteiger partial charge is 0.239 e. The van der Waals surface area contributed by atoms with Gasteiger partial charge in [0, 0.05) is 9.26 Å². The number of aryl methyl sites for hydroxylation is 1. The average molecular weight is 406 g/mol. The fraction of sp³-hybridized carbons (Fsp3) is 0.278. The van der Waals surface area contributed by atoms with Crippen LogP contribution in [0.25, 0.3) is 0 Å². The van der Waals surface area contributed by atoms with Crippen molar-refractivity contribution in [3.63, 3.8) is 0 Å². The lowest BCUT2D eigenvalue weighted by Gasteiger charge is -2.26. The van der Waals surface area contributed by atoms with Gasteiger partial charge in [0.25, 0.3) is 0 Å². The van der Waals surface area contributed by atoms with Crippen LogP contribution in [0.15, 0.2) is 48.5 Å². The summed E-state index contributed by atoms with van der Waals surface area (Å²) in [6, 6.07) is 16.6. The van der Waals surface area contributed by atoms with Gasteiger partial charge in [-0.25, -0.2) is 0 Å². The molecule has 0 saturated heterocycles. The Kier molecular flexibility index (Phi) is 4.97. The number of fused-ring (bicyclic) bond motifs is 1. The lowest BCUT2D eigenvalue weighted by molar-refractivity contribution is -0.120. The first kappa shape index (κ1) is 15.3. The van der Waals surface area contributed by atoms with E-state index in [1.54, 1.807) is 0 Å². The Balaban J connectivity index is 1.57. The zero-order valence-corrected chi connectivity index (χ0v) is 14.5. The van der Waals surface area contributed by atoms with Crippen LogP contribution >= 0.6 is 22.6 Å². The molecule has 2 N–H and O–H groups in total. The maximum absolute atomic E-state index is 12.2. The van der Waals surface area contributed by atoms with E-state index in [2.05, 4.69) is 51.4 Å². The van der Waals surface area contributed by atoms with Gasteiger partial charge in [0.2, 0.25) is 5.91 Å². The normalized spacial score (nSPS) is 16.7. The standard InChI is InChI=1S/C18H19IN2O/c19-14-8-10-15(11-9-14)20-12-18(22)21-17-7-3-5-13-4-1-2-6-16(13)17/h1-2,4,6,8-11,17,20H,3,5,7,12H2,(H,21,22)/t17-/m0/s1. The van der Waals surface area contributed by atoms with Gasteiger partial charge in [-0.05, 0) is 77.2 Å². The van der Waals surface area contributed by atoms with Gasteiger partial charge < -0.3 is 10.6 Å². The fourth-order valence-electron chi connectivity index (χ4n) is 2.90. The Morgan fingerprint density at radius 3 is 2.73 bits per heavy atom. The van der Waals surface area contributed by atoms with Crippen LogP contribution in [0.1, 0.15) is 30.0 Å². The minimum absolute atomic E-state index is 0.0419. The third-order valence-electron chi connectivity index (χ3n) is 4.00. The van der Waals surface area contributed by atoms with Crippen molar-refractivity contribution in [3.05, 3.63) is 63.2 Å². The van der Waals surface area contributed by atoms with E-state index in [0.717, 1.165) is 24.9 Å². The topological polar surface area (TPSA) is 41.1 Å². The Hall–Kier alpha value is -1.56. The SMILES string of the molecule is O=C(CNc1ccc(I)cc1)N[C@H]1CCCc2ccccc21. The Labute approximate surface area is 144 Å². The van der Waals surface area contributed by atoms with Gasteiger partial charge in [-0.15, -0.1) is 0 Å². The van der Waals surface area contributed by atoms with Crippen molar-refractivity contribution in [1.82, 2.24) is 5.32 Å². The molecule has 0 radical (unpaired) electrons. The van der Waals surface area contributed by atoms with Crippen molar-refractivity contribution < 1.29 is 4.79 Å². The van der Waals surface area contributed by atoms with E-state index in [4.69, 9.17) is 0 Å². The third kappa shape index (κ3) is 3.80. The van der Waals surface area contributed by atoms with Gasteiger partial charge in [0.1, 0.15) is 0 Å². The molecule has 0 aliphatic heterocycles. The lowest BCUT2D eigenvalue weighted by atomic mass is 9.88. The molecular formula is C18H19IN2O. The summed E-state index contributed by atoms with van der Waals surface area (Å²) in [5, 5.41) is 6.32. The van der Waals surface area contributed by atoms with Gasteiger partial charge in [0.15, 0.2) is 0 Å². The molecule has 1 amide bonds. The van der Waals surface area contributed by atoms with Crippen LogP contribution in [0, 0.1) is 3.57 Å². The summed E-state index contributed by atoms with van der Waals surface area (Å²) in [4.78, 5) is 12.2. The highest BCUT2D eigenvalue weighted by Crippen LogP contribution is 2.29. The van der Waals surface area contributed by atoms with E-state index in [0.29, 0.717) is 6.54 Å². The molecule has 0 heterocycles. The van der Waals surface area contributed by atoms with Crippen LogP contribution in [-0.4, -0.2) is 12.5 Å². The highest BCUT2D eigenvalue weighted by atomic mass is 127. The van der Waals surface area contributed by atoms with Crippen molar-refractivity contribution in [2.24, 2.45) is 0 Å². The van der Waals surface area contributed by atoms with E-state index in [9.17, 15) is 4.79 Å². The molecule has 0 aromatic heterocycles. The Morgan fingerprint density at radius 2 is 1.91 bits per heavy atom. The number of amides is 1. The Bertz CT molecular complexity index is 654. The second kappa shape index (κ2) is 7.13. The van der Waals surface area contributed by atoms with Crippen LogP contribution < -0.4 is 10.6 Å². The van der Waals surface area contributed by atoms with Crippen molar-refractivity contribution in [1.29, 1.82) is 0 Å². The number of hydrogen-bond donors (Lipinski definition) is 2. The van der Waals surface area contributed by atoms with Crippen LogP contribution in [0.5, 0.6) is 0 Å². The van der Waals surface area contributed by atoms with Crippen LogP contribution in [-0.2, 0) is 11.2 Å². The summed E-state index contributed by atoms with van der Waals surface area (Å²) in [6.45, 7) is 0.305. The highest BCUT2D eigenvalue weighted by Gasteiger charge is 2.20. The third-order valence-corrected chi connectivity index (χ3v) is 4.72. The number of carbonyl (C=O) groups excluding carboxylic acids is 1. The molecule has 0 unspecified atom stereocenters. The molecule has 0 bridgehead atoms. The first-order valence-corrected chi connectivity index (χ1v) is 8.67. The number of hydrogen-bond acceptors (Lipinski definition) is 2. The van der Waals surface area contributed by atoms with E-state index in [1.165, 1.54) is 14.7 Å². The monoisotopic (exact) mass is 406 g/mol. The molecule has 0 fully saturated rings. The zero-order valence-electron chi connectivity index (χ0n) is 12.3. The molecule has 0 saturated carbocycles. The molecule has 114 valence electrons. The number of carbonyl (C=O) groups is 1. The largest absolute Gasteiger partial charge is 0.376 e. The molecule has 4 heteroatoms. The maximum Gasteiger partial charge on any atom is 0.239 e. The second-order valence-corrected chi connectivity index (χ2v) is 6.82. The van der Waals surface area contributed by atoms with E-state index in [1.807, 2.05) is 30.3 Å². The van der Waals surface area contributed by atoms with E-state index >= 15 is 0 Å². The molecule has 3 rings (SSSR count). The first-order chi connectivity index (χ1) is 10.7. The number of nitrogens with one attached hydrogen (secondary N) is 2. The average Bonchev–Trinajstić information content (AvgIpc) is 2.55. The predicted octanol–water partition coefficient (Wildman–Crippen LogP) is 3.90. The fourth-order valence-corrected chi connectivity index (χ4v) is 3.26. The molecular weight excluding hydrogens is 387 g/mol. The van der Waals surface area contributed by atoms with Gasteiger partial charge in [-0.1, -0.05) is 24.3 Å². The summed E-state index contributed by atoms with van der Waals surface area (Å²) in [5.74, 6) is 0.0419. The number of anilines is 1. The maximum atomic E-state index is 12.2. The number of benzene rings is 2. The second-order valence-electron chi connectivity index (χ2n) is 5.57. The van der Waals surface area contributed by atoms with Crippen molar-refractivity contribution in [2.75, 3.05) is 11.9 Å². The van der Waals surface area contributed by atoms with Gasteiger partial charge in [-0.3, -0.25) is 4.79 Å². The minimum atomic E-state index is 0.0419. The summed E-state index contributed by atoms with van der Waals surface area (Å²) in [5.41, 5.74) is 3.61. The Morgan fingerprint density at radius 1 is 1.14 bits per heavy atom. The molecule has 2 aromatic carbocycles. The molecule has 1 atom stereocenters.